The van der Waals surface area contributed by atoms with Crippen LogP contribution in [0, 0.1) is 5.82 Å². The Hall–Kier alpha value is -4.15. The minimum Gasteiger partial charge on any atom is -0.488 e. The van der Waals surface area contributed by atoms with Crippen LogP contribution >= 0.6 is 23.2 Å². The molecule has 0 spiro atoms. The van der Waals surface area contributed by atoms with Crippen LogP contribution in [-0.2, 0) is 6.61 Å². The Balaban J connectivity index is 1.39. The van der Waals surface area contributed by atoms with E-state index in [-0.39, 0.29) is 18.4 Å². The lowest BCUT2D eigenvalue weighted by atomic mass is 10.1. The maximum absolute atomic E-state index is 13.4. The maximum Gasteiger partial charge on any atom is 0.250 e. The van der Waals surface area contributed by atoms with E-state index in [1.54, 1.807) is 30.5 Å². The molecule has 0 amide bonds. The third-order valence-corrected chi connectivity index (χ3v) is 7.84. The predicted octanol–water partition coefficient (Wildman–Crippen LogP) is 7.92. The largest absolute Gasteiger partial charge is 0.488 e. The van der Waals surface area contributed by atoms with Crippen LogP contribution < -0.4 is 25.3 Å². The van der Waals surface area contributed by atoms with Gasteiger partial charge >= 0.3 is 0 Å². The number of halogens is 3. The van der Waals surface area contributed by atoms with Gasteiger partial charge in [0, 0.05) is 64.8 Å². The molecule has 0 radical (unpaired) electrons. The summed E-state index contributed by atoms with van der Waals surface area (Å²) in [6, 6.07) is 17.4. The average molecular weight is 638 g/mol. The molecule has 0 saturated carbocycles. The molecule has 5 rings (SSSR count). The van der Waals surface area contributed by atoms with Crippen molar-refractivity contribution in [2.75, 3.05) is 46.7 Å². The number of hydrazone groups is 1. The fourth-order valence-electron chi connectivity index (χ4n) is 4.86. The van der Waals surface area contributed by atoms with Crippen molar-refractivity contribution in [3.8, 4) is 5.75 Å². The number of piperidine rings is 1. The van der Waals surface area contributed by atoms with Gasteiger partial charge in [0.15, 0.2) is 0 Å². The van der Waals surface area contributed by atoms with Gasteiger partial charge in [0.2, 0.25) is 17.8 Å². The lowest BCUT2D eigenvalue weighted by molar-refractivity contribution is 0.306. The van der Waals surface area contributed by atoms with E-state index in [0.717, 1.165) is 55.8 Å². The number of hydrogen-bond donors (Lipinski definition) is 2. The molecule has 3 aromatic carbocycles. The van der Waals surface area contributed by atoms with Crippen molar-refractivity contribution in [3.05, 3.63) is 87.7 Å². The van der Waals surface area contributed by atoms with Crippen molar-refractivity contribution in [1.29, 1.82) is 0 Å². The summed E-state index contributed by atoms with van der Waals surface area (Å²) < 4.78 is 19.7. The van der Waals surface area contributed by atoms with Gasteiger partial charge in [-0.05, 0) is 81.6 Å². The Morgan fingerprint density at radius 1 is 0.932 bits per heavy atom. The van der Waals surface area contributed by atoms with Gasteiger partial charge in [-0.1, -0.05) is 29.3 Å². The zero-order chi connectivity index (χ0) is 30.9. The summed E-state index contributed by atoms with van der Waals surface area (Å²) in [5.74, 6) is 1.49. The van der Waals surface area contributed by atoms with Gasteiger partial charge in [-0.15, -0.1) is 0 Å². The highest BCUT2D eigenvalue weighted by Crippen LogP contribution is 2.28. The molecule has 2 N–H and O–H groups in total. The van der Waals surface area contributed by atoms with Crippen molar-refractivity contribution in [2.24, 2.45) is 5.10 Å². The first-order valence-corrected chi connectivity index (χ1v) is 15.5. The summed E-state index contributed by atoms with van der Waals surface area (Å²) in [6.45, 7) is 7.94. The molecule has 0 aliphatic carbocycles. The molecular formula is C32H35Cl2FN8O. The summed E-state index contributed by atoms with van der Waals surface area (Å²) >= 11 is 12.5. The molecule has 1 fully saturated rings. The molecule has 230 valence electrons. The summed E-state index contributed by atoms with van der Waals surface area (Å²) in [7, 11) is 0. The highest BCUT2D eigenvalue weighted by Gasteiger charge is 2.17. The predicted molar refractivity (Wildman–Crippen MR) is 178 cm³/mol. The summed E-state index contributed by atoms with van der Waals surface area (Å²) in [5, 5.41) is 8.71. The third kappa shape index (κ3) is 8.27. The van der Waals surface area contributed by atoms with E-state index in [1.165, 1.54) is 18.6 Å². The van der Waals surface area contributed by atoms with Gasteiger partial charge in [-0.25, -0.2) is 9.82 Å². The molecule has 1 saturated heterocycles. The Morgan fingerprint density at radius 2 is 1.68 bits per heavy atom. The van der Waals surface area contributed by atoms with Crippen molar-refractivity contribution < 1.29 is 9.13 Å². The molecule has 1 aliphatic heterocycles. The Kier molecular flexibility index (Phi) is 10.7. The zero-order valence-electron chi connectivity index (χ0n) is 24.7. The van der Waals surface area contributed by atoms with E-state index in [1.807, 2.05) is 24.3 Å². The number of anilines is 5. The van der Waals surface area contributed by atoms with Crippen molar-refractivity contribution in [1.82, 2.24) is 15.0 Å². The van der Waals surface area contributed by atoms with E-state index in [9.17, 15) is 4.39 Å². The maximum atomic E-state index is 13.4. The third-order valence-electron chi connectivity index (χ3n) is 7.26. The SMILES string of the molecule is CCN(CC)c1ccc(C=NNc2nc(Nc3ccc(F)cc3)nc(N3CCCCC3)n2)c(OCc2ccc(Cl)cc2Cl)c1. The average Bonchev–Trinajstić information content (AvgIpc) is 3.03. The van der Waals surface area contributed by atoms with Crippen molar-refractivity contribution in [3.63, 3.8) is 0 Å². The van der Waals surface area contributed by atoms with Crippen LogP contribution in [0.3, 0.4) is 0 Å². The molecule has 44 heavy (non-hydrogen) atoms. The number of nitrogens with zero attached hydrogens (tertiary/aromatic N) is 6. The summed E-state index contributed by atoms with van der Waals surface area (Å²) in [6.07, 6.45) is 4.99. The Bertz CT molecular complexity index is 1580. The Morgan fingerprint density at radius 3 is 2.41 bits per heavy atom. The van der Waals surface area contributed by atoms with Crippen LogP contribution in [0.1, 0.15) is 44.2 Å². The molecule has 1 aliphatic rings. The van der Waals surface area contributed by atoms with E-state index < -0.39 is 0 Å². The van der Waals surface area contributed by atoms with Gasteiger partial charge < -0.3 is 19.9 Å². The number of aromatic nitrogens is 3. The van der Waals surface area contributed by atoms with E-state index in [2.05, 4.69) is 54.4 Å². The number of ether oxygens (including phenoxy) is 1. The van der Waals surface area contributed by atoms with Gasteiger partial charge in [0.05, 0.1) is 6.21 Å². The molecule has 0 atom stereocenters. The lowest BCUT2D eigenvalue weighted by Gasteiger charge is -2.26. The molecule has 1 aromatic heterocycles. The van der Waals surface area contributed by atoms with Crippen LogP contribution in [0.4, 0.5) is 33.6 Å². The van der Waals surface area contributed by atoms with E-state index in [0.29, 0.717) is 33.4 Å². The van der Waals surface area contributed by atoms with Crippen molar-refractivity contribution >= 4 is 58.6 Å². The standard InChI is InChI=1S/C32H35Cl2FN8O/c1-3-42(4-2)27-15-9-22(29(19-27)44-21-23-8-10-24(33)18-28(23)34)20-36-41-31-38-30(37-26-13-11-25(35)12-14-26)39-32(40-31)43-16-6-5-7-17-43/h8-15,18-20H,3-7,16-17,21H2,1-2H3,(H2,37,38,39,40,41). The van der Waals surface area contributed by atoms with Gasteiger partial charge in [0.25, 0.3) is 0 Å². The van der Waals surface area contributed by atoms with Crippen LogP contribution in [0.25, 0.3) is 0 Å². The molecule has 0 bridgehead atoms. The van der Waals surface area contributed by atoms with E-state index >= 15 is 0 Å². The number of hydrogen-bond acceptors (Lipinski definition) is 9. The number of nitrogens with one attached hydrogen (secondary N) is 2. The highest BCUT2D eigenvalue weighted by atomic mass is 35.5. The fraction of sp³-hybridized carbons (Fsp3) is 0.312. The molecule has 4 aromatic rings. The second-order valence-corrected chi connectivity index (χ2v) is 11.1. The second-order valence-electron chi connectivity index (χ2n) is 10.3. The minimum atomic E-state index is -0.318. The minimum absolute atomic E-state index is 0.261. The highest BCUT2D eigenvalue weighted by molar-refractivity contribution is 6.35. The van der Waals surface area contributed by atoms with Crippen LogP contribution in [0.2, 0.25) is 10.0 Å². The first-order chi connectivity index (χ1) is 21.4. The van der Waals surface area contributed by atoms with Gasteiger partial charge in [-0.3, -0.25) is 0 Å². The fourth-order valence-corrected chi connectivity index (χ4v) is 5.33. The topological polar surface area (TPSA) is 90.8 Å². The van der Waals surface area contributed by atoms with Crippen LogP contribution in [0.15, 0.2) is 65.8 Å². The molecular weight excluding hydrogens is 602 g/mol. The molecule has 0 unspecified atom stereocenters. The second kappa shape index (κ2) is 15.0. The number of rotatable bonds is 12. The normalized spacial score (nSPS) is 13.2. The molecule has 12 heteroatoms. The van der Waals surface area contributed by atoms with Crippen LogP contribution in [-0.4, -0.2) is 47.3 Å². The molecule has 9 nitrogen and oxygen atoms in total. The van der Waals surface area contributed by atoms with Gasteiger partial charge in [0.1, 0.15) is 18.2 Å². The van der Waals surface area contributed by atoms with Crippen molar-refractivity contribution in [2.45, 2.75) is 39.7 Å². The van der Waals surface area contributed by atoms with Crippen LogP contribution in [0.5, 0.6) is 5.75 Å². The van der Waals surface area contributed by atoms with E-state index in [4.69, 9.17) is 27.9 Å². The monoisotopic (exact) mass is 636 g/mol. The summed E-state index contributed by atoms with van der Waals surface area (Å²) in [4.78, 5) is 18.1. The Labute approximate surface area is 267 Å². The first kappa shape index (κ1) is 31.3. The molecule has 2 heterocycles. The smallest absolute Gasteiger partial charge is 0.250 e. The summed E-state index contributed by atoms with van der Waals surface area (Å²) in [5.41, 5.74) is 6.24. The first-order valence-electron chi connectivity index (χ1n) is 14.7. The lowest BCUT2D eigenvalue weighted by Crippen LogP contribution is -2.31. The number of benzene rings is 3. The quantitative estimate of drug-likeness (QED) is 0.120. The zero-order valence-corrected chi connectivity index (χ0v) is 26.2. The van der Waals surface area contributed by atoms with Gasteiger partial charge in [-0.2, -0.15) is 20.1 Å².